The molecule has 10 nitrogen and oxygen atoms in total. The number of fused-ring (bicyclic) bond motifs is 3. The molecule has 1 aliphatic carbocycles. The number of nitrogens with two attached hydrogens (primary N) is 2. The molecule has 2 amide bonds. The van der Waals surface area contributed by atoms with Gasteiger partial charge in [0.25, 0.3) is 0 Å². The number of hydrogen-bond acceptors (Lipinski definition) is 5. The Morgan fingerprint density at radius 2 is 1.64 bits per heavy atom. The number of hydrogen-bond donors (Lipinski definition) is 5. The Hall–Kier alpha value is -4.08. The first-order chi connectivity index (χ1) is 15.9. The molecule has 3 rings (SSSR count). The van der Waals surface area contributed by atoms with Crippen LogP contribution < -0.4 is 22.1 Å². The molecule has 174 valence electrons. The van der Waals surface area contributed by atoms with Crippen LogP contribution in [0.25, 0.3) is 11.1 Å². The number of guanidine groups is 1. The van der Waals surface area contributed by atoms with Gasteiger partial charge in [0.1, 0.15) is 19.2 Å². The van der Waals surface area contributed by atoms with E-state index in [9.17, 15) is 14.4 Å². The summed E-state index contributed by atoms with van der Waals surface area (Å²) < 4.78 is 5.48. The summed E-state index contributed by atoms with van der Waals surface area (Å²) in [6.45, 7) is -0.204. The molecule has 0 heterocycles. The smallest absolute Gasteiger partial charge is 0.407 e. The van der Waals surface area contributed by atoms with Gasteiger partial charge in [-0.2, -0.15) is 0 Å². The van der Waals surface area contributed by atoms with Gasteiger partial charge >= 0.3 is 12.1 Å². The number of aliphatic carboxylic acids is 1. The van der Waals surface area contributed by atoms with Crippen molar-refractivity contribution in [2.24, 2.45) is 16.5 Å². The number of nitrogens with zero attached hydrogens (tertiary/aromatic N) is 1. The van der Waals surface area contributed by atoms with Crippen LogP contribution in [0, 0.1) is 0 Å². The van der Waals surface area contributed by atoms with E-state index in [1.165, 1.54) is 0 Å². The van der Waals surface area contributed by atoms with Gasteiger partial charge in [-0.15, -0.1) is 0 Å². The van der Waals surface area contributed by atoms with Gasteiger partial charge in [0.05, 0.1) is 0 Å². The molecule has 0 aromatic heterocycles. The molecule has 0 saturated heterocycles. The van der Waals surface area contributed by atoms with Crippen molar-refractivity contribution in [1.29, 1.82) is 0 Å². The second kappa shape index (κ2) is 11.0. The topological polar surface area (TPSA) is 169 Å². The third kappa shape index (κ3) is 6.22. The minimum atomic E-state index is -1.19. The molecule has 1 atom stereocenters. The molecule has 0 fully saturated rings. The van der Waals surface area contributed by atoms with E-state index in [-0.39, 0.29) is 31.4 Å². The fourth-order valence-corrected chi connectivity index (χ4v) is 3.84. The summed E-state index contributed by atoms with van der Waals surface area (Å²) in [5.74, 6) is -2.02. The van der Waals surface area contributed by atoms with Gasteiger partial charge in [0, 0.05) is 12.5 Å². The van der Waals surface area contributed by atoms with Crippen molar-refractivity contribution in [1.82, 2.24) is 10.6 Å². The maximum Gasteiger partial charge on any atom is 0.407 e. The SMILES string of the molecule is NC(N)=NCCC[C@H](NC(=O)OCC1c2ccccc2-c2ccccc21)C(=O)NCC(=O)O. The third-order valence-corrected chi connectivity index (χ3v) is 5.31. The van der Waals surface area contributed by atoms with Crippen molar-refractivity contribution in [3.8, 4) is 11.1 Å². The molecule has 0 unspecified atom stereocenters. The fraction of sp³-hybridized carbons (Fsp3) is 0.304. The number of rotatable bonds is 10. The highest BCUT2D eigenvalue weighted by molar-refractivity contribution is 5.88. The molecule has 10 heteroatoms. The Morgan fingerprint density at radius 1 is 1.03 bits per heavy atom. The highest BCUT2D eigenvalue weighted by atomic mass is 16.5. The Kier molecular flexibility index (Phi) is 7.85. The van der Waals surface area contributed by atoms with E-state index < -0.39 is 30.6 Å². The van der Waals surface area contributed by atoms with Gasteiger partial charge in [-0.05, 0) is 35.1 Å². The number of aliphatic imine (C=N–C) groups is 1. The molecule has 0 aliphatic heterocycles. The van der Waals surface area contributed by atoms with E-state index in [0.29, 0.717) is 6.42 Å². The Morgan fingerprint density at radius 3 is 2.21 bits per heavy atom. The van der Waals surface area contributed by atoms with E-state index in [1.54, 1.807) is 0 Å². The van der Waals surface area contributed by atoms with Gasteiger partial charge in [-0.25, -0.2) is 4.79 Å². The molecule has 1 aliphatic rings. The number of carbonyl (C=O) groups excluding carboxylic acids is 2. The lowest BCUT2D eigenvalue weighted by atomic mass is 9.98. The van der Waals surface area contributed by atoms with Crippen LogP contribution in [0.1, 0.15) is 29.9 Å². The average molecular weight is 453 g/mol. The Labute approximate surface area is 191 Å². The van der Waals surface area contributed by atoms with Gasteiger partial charge in [0.2, 0.25) is 5.91 Å². The molecule has 7 N–H and O–H groups in total. The third-order valence-electron chi connectivity index (χ3n) is 5.31. The van der Waals surface area contributed by atoms with Crippen molar-refractivity contribution in [3.05, 3.63) is 59.7 Å². The lowest BCUT2D eigenvalue weighted by Crippen LogP contribution is -2.48. The number of benzene rings is 2. The first-order valence-electron chi connectivity index (χ1n) is 10.5. The Bertz CT molecular complexity index is 1010. The number of amides is 2. The fourth-order valence-electron chi connectivity index (χ4n) is 3.84. The van der Waals surface area contributed by atoms with Crippen LogP contribution in [-0.4, -0.2) is 54.8 Å². The number of carboxylic acids is 1. The van der Waals surface area contributed by atoms with E-state index in [2.05, 4.69) is 15.6 Å². The van der Waals surface area contributed by atoms with E-state index in [0.717, 1.165) is 22.3 Å². The van der Waals surface area contributed by atoms with Crippen LogP contribution in [0.2, 0.25) is 0 Å². The quantitative estimate of drug-likeness (QED) is 0.204. The average Bonchev–Trinajstić information content (AvgIpc) is 3.11. The summed E-state index contributed by atoms with van der Waals surface area (Å²) in [7, 11) is 0. The number of alkyl carbamates (subject to hydrolysis) is 1. The zero-order chi connectivity index (χ0) is 23.8. The van der Waals surface area contributed by atoms with Crippen molar-refractivity contribution < 1.29 is 24.2 Å². The summed E-state index contributed by atoms with van der Waals surface area (Å²) in [6.07, 6.45) is -0.173. The summed E-state index contributed by atoms with van der Waals surface area (Å²) in [4.78, 5) is 39.5. The second-order valence-corrected chi connectivity index (χ2v) is 7.58. The van der Waals surface area contributed by atoms with Crippen molar-refractivity contribution >= 4 is 23.9 Å². The maximum absolute atomic E-state index is 12.5. The summed E-state index contributed by atoms with van der Waals surface area (Å²) in [5.41, 5.74) is 14.9. The minimum absolute atomic E-state index is 0.0774. The summed E-state index contributed by atoms with van der Waals surface area (Å²) >= 11 is 0. The van der Waals surface area contributed by atoms with Crippen LogP contribution in [-0.2, 0) is 14.3 Å². The molecule has 33 heavy (non-hydrogen) atoms. The predicted octanol–water partition coefficient (Wildman–Crippen LogP) is 1.15. The largest absolute Gasteiger partial charge is 0.480 e. The molecule has 0 spiro atoms. The van der Waals surface area contributed by atoms with E-state index in [4.69, 9.17) is 21.3 Å². The highest BCUT2D eigenvalue weighted by Gasteiger charge is 2.29. The van der Waals surface area contributed by atoms with Gasteiger partial charge < -0.3 is 31.9 Å². The van der Waals surface area contributed by atoms with Crippen LogP contribution in [0.15, 0.2) is 53.5 Å². The molecular weight excluding hydrogens is 426 g/mol. The second-order valence-electron chi connectivity index (χ2n) is 7.58. The van der Waals surface area contributed by atoms with Gasteiger partial charge in [-0.3, -0.25) is 14.6 Å². The van der Waals surface area contributed by atoms with Gasteiger partial charge in [0.15, 0.2) is 5.96 Å². The van der Waals surface area contributed by atoms with Crippen LogP contribution in [0.3, 0.4) is 0 Å². The minimum Gasteiger partial charge on any atom is -0.480 e. The zero-order valence-electron chi connectivity index (χ0n) is 18.0. The van der Waals surface area contributed by atoms with E-state index in [1.807, 2.05) is 48.5 Å². The monoisotopic (exact) mass is 453 g/mol. The number of nitrogens with one attached hydrogen (secondary N) is 2. The molecule has 2 aromatic rings. The summed E-state index contributed by atoms with van der Waals surface area (Å²) in [6, 6.07) is 14.9. The van der Waals surface area contributed by atoms with Crippen molar-refractivity contribution in [3.63, 3.8) is 0 Å². The Balaban J connectivity index is 1.63. The lowest BCUT2D eigenvalue weighted by Gasteiger charge is -2.19. The first-order valence-corrected chi connectivity index (χ1v) is 10.5. The number of ether oxygens (including phenoxy) is 1. The first kappa shape index (κ1) is 23.6. The maximum atomic E-state index is 12.5. The molecular formula is C23H27N5O5. The zero-order valence-corrected chi connectivity index (χ0v) is 18.0. The molecule has 2 aromatic carbocycles. The molecule has 0 saturated carbocycles. The van der Waals surface area contributed by atoms with Gasteiger partial charge in [-0.1, -0.05) is 48.5 Å². The summed E-state index contributed by atoms with van der Waals surface area (Å²) in [5, 5.41) is 13.6. The van der Waals surface area contributed by atoms with Crippen LogP contribution >= 0.6 is 0 Å². The molecule has 0 radical (unpaired) electrons. The molecule has 0 bridgehead atoms. The van der Waals surface area contributed by atoms with Crippen molar-refractivity contribution in [2.45, 2.75) is 24.8 Å². The number of carboxylic acid groups (broad SMARTS) is 1. The van der Waals surface area contributed by atoms with Crippen LogP contribution in [0.4, 0.5) is 4.79 Å². The highest BCUT2D eigenvalue weighted by Crippen LogP contribution is 2.44. The predicted molar refractivity (Wildman–Crippen MR) is 123 cm³/mol. The van der Waals surface area contributed by atoms with E-state index >= 15 is 0 Å². The normalized spacial score (nSPS) is 12.7. The standard InChI is InChI=1S/C23H27N5O5/c24-22(25)26-11-5-10-19(21(31)27-12-20(29)30)28-23(32)33-13-18-16-8-3-1-6-14(16)15-7-2-4-9-17(15)18/h1-4,6-9,18-19H,5,10-13H2,(H,27,31)(H,28,32)(H,29,30)(H4,24,25,26)/t19-/m0/s1. The van der Waals surface area contributed by atoms with Crippen molar-refractivity contribution in [2.75, 3.05) is 19.7 Å². The number of carbonyl (C=O) groups is 3. The lowest BCUT2D eigenvalue weighted by molar-refractivity contribution is -0.138. The van der Waals surface area contributed by atoms with Crippen LogP contribution in [0.5, 0.6) is 0 Å².